The van der Waals surface area contributed by atoms with Gasteiger partial charge in [-0.15, -0.1) is 0 Å². The minimum atomic E-state index is 0.690. The van der Waals surface area contributed by atoms with E-state index in [9.17, 15) is 0 Å². The number of benzene rings is 1. The Bertz CT molecular complexity index is 305. The van der Waals surface area contributed by atoms with Crippen LogP contribution in [-0.4, -0.2) is 19.7 Å². The van der Waals surface area contributed by atoms with E-state index >= 15 is 0 Å². The van der Waals surface area contributed by atoms with Crippen LogP contribution in [0.4, 0.5) is 0 Å². The van der Waals surface area contributed by atoms with Gasteiger partial charge in [-0.05, 0) is 31.0 Å². The number of hydrogen-bond acceptors (Lipinski definition) is 2. The van der Waals surface area contributed by atoms with Crippen molar-refractivity contribution in [3.63, 3.8) is 0 Å². The summed E-state index contributed by atoms with van der Waals surface area (Å²) in [5.41, 5.74) is 1.31. The summed E-state index contributed by atoms with van der Waals surface area (Å²) < 4.78 is 5.87. The van der Waals surface area contributed by atoms with Gasteiger partial charge in [0.15, 0.2) is 0 Å². The van der Waals surface area contributed by atoms with E-state index in [0.29, 0.717) is 5.92 Å². The second-order valence-corrected chi connectivity index (χ2v) is 4.13. The average Bonchev–Trinajstić information content (AvgIpc) is 2.79. The molecule has 0 spiro atoms. The van der Waals surface area contributed by atoms with Gasteiger partial charge in [-0.2, -0.15) is 0 Å². The van der Waals surface area contributed by atoms with Crippen LogP contribution in [0.5, 0.6) is 5.75 Å². The number of para-hydroxylation sites is 1. The average molecular weight is 205 g/mol. The van der Waals surface area contributed by atoms with Gasteiger partial charge < -0.3 is 10.1 Å². The third-order valence-electron chi connectivity index (χ3n) is 2.99. The Kier molecular flexibility index (Phi) is 3.62. The lowest BCUT2D eigenvalue weighted by molar-refractivity contribution is 0.258. The summed E-state index contributed by atoms with van der Waals surface area (Å²) in [6.07, 6.45) is 2.29. The number of nitrogens with one attached hydrogen (secondary N) is 1. The molecular formula is C13H19NO. The van der Waals surface area contributed by atoms with E-state index in [1.165, 1.54) is 12.0 Å². The first-order valence-electron chi connectivity index (χ1n) is 5.81. The summed E-state index contributed by atoms with van der Waals surface area (Å²) >= 11 is 0. The van der Waals surface area contributed by atoms with Gasteiger partial charge in [-0.1, -0.05) is 25.1 Å². The van der Waals surface area contributed by atoms with Crippen LogP contribution in [0.3, 0.4) is 0 Å². The Hall–Kier alpha value is -1.02. The summed E-state index contributed by atoms with van der Waals surface area (Å²) in [4.78, 5) is 0. The molecule has 1 N–H and O–H groups in total. The molecule has 1 aromatic rings. The molecule has 0 bridgehead atoms. The predicted octanol–water partition coefficient (Wildman–Crippen LogP) is 2.24. The molecule has 15 heavy (non-hydrogen) atoms. The van der Waals surface area contributed by atoms with E-state index in [1.54, 1.807) is 0 Å². The molecule has 1 heterocycles. The van der Waals surface area contributed by atoms with Gasteiger partial charge in [-0.3, -0.25) is 0 Å². The van der Waals surface area contributed by atoms with Crippen LogP contribution < -0.4 is 10.1 Å². The topological polar surface area (TPSA) is 21.3 Å². The smallest absolute Gasteiger partial charge is 0.122 e. The molecule has 1 saturated heterocycles. The summed E-state index contributed by atoms with van der Waals surface area (Å²) in [5, 5.41) is 3.36. The SMILES string of the molecule is CCc1ccccc1OCC1CCNC1. The van der Waals surface area contributed by atoms with Crippen molar-refractivity contribution in [1.82, 2.24) is 5.32 Å². The number of aryl methyl sites for hydroxylation is 1. The van der Waals surface area contributed by atoms with Crippen LogP contribution in [0, 0.1) is 5.92 Å². The highest BCUT2D eigenvalue weighted by Gasteiger charge is 2.15. The zero-order valence-electron chi connectivity index (χ0n) is 9.33. The van der Waals surface area contributed by atoms with Crippen LogP contribution in [-0.2, 0) is 6.42 Å². The van der Waals surface area contributed by atoms with Crippen molar-refractivity contribution in [3.8, 4) is 5.75 Å². The van der Waals surface area contributed by atoms with Crippen LogP contribution in [0.25, 0.3) is 0 Å². The van der Waals surface area contributed by atoms with E-state index in [2.05, 4.69) is 30.4 Å². The molecule has 1 fully saturated rings. The molecule has 1 aromatic carbocycles. The first-order valence-corrected chi connectivity index (χ1v) is 5.81. The molecule has 1 atom stereocenters. The zero-order valence-corrected chi connectivity index (χ0v) is 9.33. The maximum Gasteiger partial charge on any atom is 0.122 e. The predicted molar refractivity (Wildman–Crippen MR) is 62.3 cm³/mol. The van der Waals surface area contributed by atoms with Gasteiger partial charge in [-0.25, -0.2) is 0 Å². The summed E-state index contributed by atoms with van der Waals surface area (Å²) in [5.74, 6) is 1.75. The van der Waals surface area contributed by atoms with Crippen LogP contribution in [0.15, 0.2) is 24.3 Å². The molecule has 2 nitrogen and oxygen atoms in total. The highest BCUT2D eigenvalue weighted by Crippen LogP contribution is 2.20. The number of rotatable bonds is 4. The van der Waals surface area contributed by atoms with Gasteiger partial charge in [0, 0.05) is 12.5 Å². The third-order valence-corrected chi connectivity index (χ3v) is 2.99. The Morgan fingerprint density at radius 1 is 1.40 bits per heavy atom. The molecule has 2 rings (SSSR count). The maximum atomic E-state index is 5.87. The van der Waals surface area contributed by atoms with E-state index in [-0.39, 0.29) is 0 Å². The highest BCUT2D eigenvalue weighted by molar-refractivity contribution is 5.33. The van der Waals surface area contributed by atoms with Crippen molar-refractivity contribution < 1.29 is 4.74 Å². The van der Waals surface area contributed by atoms with E-state index in [4.69, 9.17) is 4.74 Å². The normalized spacial score (nSPS) is 20.5. The molecule has 2 heteroatoms. The van der Waals surface area contributed by atoms with E-state index in [1.807, 2.05) is 6.07 Å². The van der Waals surface area contributed by atoms with E-state index < -0.39 is 0 Å². The second-order valence-electron chi connectivity index (χ2n) is 4.13. The van der Waals surface area contributed by atoms with Crippen LogP contribution >= 0.6 is 0 Å². The Morgan fingerprint density at radius 3 is 3.00 bits per heavy atom. The summed E-state index contributed by atoms with van der Waals surface area (Å²) in [6, 6.07) is 8.33. The van der Waals surface area contributed by atoms with Crippen molar-refractivity contribution >= 4 is 0 Å². The Labute approximate surface area is 91.6 Å². The molecule has 1 aliphatic rings. The molecule has 0 aliphatic carbocycles. The third kappa shape index (κ3) is 2.72. The molecule has 0 amide bonds. The van der Waals surface area contributed by atoms with Gasteiger partial charge in [0.2, 0.25) is 0 Å². The standard InChI is InChI=1S/C13H19NO/c1-2-12-5-3-4-6-13(12)15-10-11-7-8-14-9-11/h3-6,11,14H,2,7-10H2,1H3. The van der Waals surface area contributed by atoms with Crippen molar-refractivity contribution in [2.45, 2.75) is 19.8 Å². The van der Waals surface area contributed by atoms with Crippen molar-refractivity contribution in [2.75, 3.05) is 19.7 Å². The first-order chi connectivity index (χ1) is 7.40. The molecule has 1 aliphatic heterocycles. The molecular weight excluding hydrogens is 186 g/mol. The van der Waals surface area contributed by atoms with Gasteiger partial charge in [0.25, 0.3) is 0 Å². The molecule has 1 unspecified atom stereocenters. The summed E-state index contributed by atoms with van der Waals surface area (Å²) in [7, 11) is 0. The van der Waals surface area contributed by atoms with Crippen LogP contribution in [0.2, 0.25) is 0 Å². The Morgan fingerprint density at radius 2 is 2.27 bits per heavy atom. The molecule has 82 valence electrons. The highest BCUT2D eigenvalue weighted by atomic mass is 16.5. The zero-order chi connectivity index (χ0) is 10.5. The van der Waals surface area contributed by atoms with Crippen molar-refractivity contribution in [3.05, 3.63) is 29.8 Å². The van der Waals surface area contributed by atoms with Crippen molar-refractivity contribution in [1.29, 1.82) is 0 Å². The summed E-state index contributed by atoms with van der Waals surface area (Å²) in [6.45, 7) is 5.26. The lowest BCUT2D eigenvalue weighted by atomic mass is 10.1. The van der Waals surface area contributed by atoms with Gasteiger partial charge in [0.1, 0.15) is 5.75 Å². The molecule has 0 aromatic heterocycles. The lowest BCUT2D eigenvalue weighted by Crippen LogP contribution is -2.15. The van der Waals surface area contributed by atoms with E-state index in [0.717, 1.165) is 31.9 Å². The van der Waals surface area contributed by atoms with Gasteiger partial charge >= 0.3 is 0 Å². The van der Waals surface area contributed by atoms with Crippen molar-refractivity contribution in [2.24, 2.45) is 5.92 Å². The number of ether oxygens (including phenoxy) is 1. The fraction of sp³-hybridized carbons (Fsp3) is 0.538. The minimum absolute atomic E-state index is 0.690. The van der Waals surface area contributed by atoms with Gasteiger partial charge in [0.05, 0.1) is 6.61 Å². The Balaban J connectivity index is 1.91. The first kappa shape index (κ1) is 10.5. The lowest BCUT2D eigenvalue weighted by Gasteiger charge is -2.13. The maximum absolute atomic E-state index is 5.87. The minimum Gasteiger partial charge on any atom is -0.493 e. The largest absolute Gasteiger partial charge is 0.493 e. The molecule has 0 radical (unpaired) electrons. The van der Waals surface area contributed by atoms with Crippen LogP contribution in [0.1, 0.15) is 18.9 Å². The quantitative estimate of drug-likeness (QED) is 0.814. The fourth-order valence-corrected chi connectivity index (χ4v) is 2.00. The molecule has 0 saturated carbocycles. The number of hydrogen-bond donors (Lipinski definition) is 1. The monoisotopic (exact) mass is 205 g/mol. The second kappa shape index (κ2) is 5.17. The fourth-order valence-electron chi connectivity index (χ4n) is 2.00.